The molecule has 3 nitrogen and oxygen atoms in total. The smallest absolute Gasteiger partial charge is 0.162 e. The summed E-state index contributed by atoms with van der Waals surface area (Å²) in [4.78, 5) is 11.6. The van der Waals surface area contributed by atoms with Crippen LogP contribution < -0.4 is 0 Å². The van der Waals surface area contributed by atoms with Crippen LogP contribution in [0.5, 0.6) is 0 Å². The van der Waals surface area contributed by atoms with Crippen molar-refractivity contribution < 1.29 is 4.79 Å². The Morgan fingerprint density at radius 3 is 2.39 bits per heavy atom. The van der Waals surface area contributed by atoms with Crippen LogP contribution in [-0.2, 0) is 6.54 Å². The van der Waals surface area contributed by atoms with E-state index in [-0.39, 0.29) is 5.78 Å². The number of benzene rings is 1. The molecule has 18 heavy (non-hydrogen) atoms. The van der Waals surface area contributed by atoms with Crippen LogP contribution in [0.3, 0.4) is 0 Å². The minimum Gasteiger partial charge on any atom is -0.294 e. The molecule has 0 aliphatic carbocycles. The van der Waals surface area contributed by atoms with E-state index in [1.807, 2.05) is 49.0 Å². The minimum atomic E-state index is 0.183. The molecule has 1 heterocycles. The van der Waals surface area contributed by atoms with Gasteiger partial charge < -0.3 is 0 Å². The molecule has 0 saturated carbocycles. The van der Waals surface area contributed by atoms with Gasteiger partial charge in [0.05, 0.1) is 5.69 Å². The summed E-state index contributed by atoms with van der Waals surface area (Å²) >= 11 is 0. The highest BCUT2D eigenvalue weighted by Crippen LogP contribution is 2.23. The van der Waals surface area contributed by atoms with E-state index < -0.39 is 0 Å². The molecule has 0 aliphatic heterocycles. The van der Waals surface area contributed by atoms with E-state index in [2.05, 4.69) is 12.0 Å². The average Bonchev–Trinajstić information content (AvgIpc) is 2.79. The lowest BCUT2D eigenvalue weighted by Crippen LogP contribution is -1.95. The van der Waals surface area contributed by atoms with Crippen LogP contribution in [0.25, 0.3) is 11.1 Å². The summed E-state index contributed by atoms with van der Waals surface area (Å²) in [5.41, 5.74) is 4.04. The summed E-state index contributed by atoms with van der Waals surface area (Å²) in [5, 5.41) is 4.43. The zero-order valence-corrected chi connectivity index (χ0v) is 11.1. The van der Waals surface area contributed by atoms with E-state index in [4.69, 9.17) is 0 Å². The van der Waals surface area contributed by atoms with Crippen molar-refractivity contribution in [1.29, 1.82) is 0 Å². The molecule has 0 atom stereocenters. The van der Waals surface area contributed by atoms with Gasteiger partial charge in [0, 0.05) is 30.3 Å². The van der Waals surface area contributed by atoms with E-state index in [1.54, 1.807) is 0 Å². The second kappa shape index (κ2) is 5.17. The molecule has 0 amide bonds. The van der Waals surface area contributed by atoms with Crippen LogP contribution in [0.15, 0.2) is 30.5 Å². The van der Waals surface area contributed by atoms with Crippen molar-refractivity contribution >= 4 is 5.78 Å². The van der Waals surface area contributed by atoms with Crippen LogP contribution >= 0.6 is 0 Å². The highest BCUT2D eigenvalue weighted by Gasteiger charge is 2.08. The molecule has 3 heteroatoms. The molecule has 2 rings (SSSR count). The summed E-state index contributed by atoms with van der Waals surface area (Å²) in [6, 6.07) is 7.77. The van der Waals surface area contributed by atoms with E-state index in [1.165, 1.54) is 0 Å². The Kier molecular flexibility index (Phi) is 3.60. The lowest BCUT2D eigenvalue weighted by atomic mass is 10.0. The van der Waals surface area contributed by atoms with E-state index in [0.717, 1.165) is 28.9 Å². The van der Waals surface area contributed by atoms with Crippen LogP contribution in [0.2, 0.25) is 0 Å². The third-order valence-corrected chi connectivity index (χ3v) is 3.11. The third kappa shape index (κ3) is 2.35. The first kappa shape index (κ1) is 12.6. The maximum absolute atomic E-state index is 11.6. The van der Waals surface area contributed by atoms with Gasteiger partial charge in [-0.05, 0) is 19.4 Å². The Balaban J connectivity index is 2.34. The number of rotatable bonds is 4. The van der Waals surface area contributed by atoms with Gasteiger partial charge in [-0.1, -0.05) is 31.2 Å². The van der Waals surface area contributed by atoms with Crippen LogP contribution in [0, 0.1) is 6.92 Å². The predicted molar refractivity (Wildman–Crippen MR) is 72.7 cm³/mol. The largest absolute Gasteiger partial charge is 0.294 e. The number of aromatic nitrogens is 2. The molecule has 2 aromatic rings. The maximum atomic E-state index is 11.6. The average molecular weight is 242 g/mol. The first-order valence-electron chi connectivity index (χ1n) is 6.33. The summed E-state index contributed by atoms with van der Waals surface area (Å²) in [6.45, 7) is 6.82. The summed E-state index contributed by atoms with van der Waals surface area (Å²) in [6.07, 6.45) is 2.60. The lowest BCUT2D eigenvalue weighted by molar-refractivity contribution is 0.0988. The molecular weight excluding hydrogens is 224 g/mol. The number of hydrogen-bond donors (Lipinski definition) is 0. The molecule has 0 unspecified atom stereocenters. The molecule has 0 bridgehead atoms. The molecule has 0 N–H and O–H groups in total. The van der Waals surface area contributed by atoms with Gasteiger partial charge in [0.15, 0.2) is 5.78 Å². The lowest BCUT2D eigenvalue weighted by Gasteiger charge is -2.01. The Hall–Kier alpha value is -1.90. The predicted octanol–water partition coefficient (Wildman–Crippen LogP) is 3.47. The second-order valence-corrected chi connectivity index (χ2v) is 4.34. The first-order valence-corrected chi connectivity index (χ1v) is 6.33. The van der Waals surface area contributed by atoms with Gasteiger partial charge in [0.25, 0.3) is 0 Å². The van der Waals surface area contributed by atoms with Crippen LogP contribution in [-0.4, -0.2) is 15.6 Å². The third-order valence-electron chi connectivity index (χ3n) is 3.11. The van der Waals surface area contributed by atoms with Gasteiger partial charge in [-0.3, -0.25) is 9.48 Å². The minimum absolute atomic E-state index is 0.183. The van der Waals surface area contributed by atoms with Gasteiger partial charge in [0.1, 0.15) is 0 Å². The van der Waals surface area contributed by atoms with Gasteiger partial charge in [-0.15, -0.1) is 0 Å². The van der Waals surface area contributed by atoms with E-state index in [0.29, 0.717) is 6.42 Å². The highest BCUT2D eigenvalue weighted by molar-refractivity contribution is 5.96. The maximum Gasteiger partial charge on any atom is 0.162 e. The molecule has 0 radical (unpaired) electrons. The SMILES string of the molecule is CCC(=O)c1ccc(-c2cn(CC)nc2C)cc1. The van der Waals surface area contributed by atoms with E-state index in [9.17, 15) is 4.79 Å². The number of nitrogens with zero attached hydrogens (tertiary/aromatic N) is 2. The number of hydrogen-bond acceptors (Lipinski definition) is 2. The summed E-state index contributed by atoms with van der Waals surface area (Å²) in [5.74, 6) is 0.183. The normalized spacial score (nSPS) is 10.6. The number of carbonyl (C=O) groups is 1. The fraction of sp³-hybridized carbons (Fsp3) is 0.333. The molecular formula is C15H18N2O. The van der Waals surface area contributed by atoms with Crippen molar-refractivity contribution in [2.75, 3.05) is 0 Å². The number of aryl methyl sites for hydroxylation is 2. The first-order chi connectivity index (χ1) is 8.65. The fourth-order valence-corrected chi connectivity index (χ4v) is 2.00. The standard InChI is InChI=1S/C15H18N2O/c1-4-15(18)13-8-6-12(7-9-13)14-10-17(5-2)16-11(14)3/h6-10H,4-5H2,1-3H3. The summed E-state index contributed by atoms with van der Waals surface area (Å²) < 4.78 is 1.93. The number of ketones is 1. The van der Waals surface area contributed by atoms with Crippen molar-refractivity contribution in [1.82, 2.24) is 9.78 Å². The monoisotopic (exact) mass is 242 g/mol. The highest BCUT2D eigenvalue weighted by atomic mass is 16.1. The zero-order chi connectivity index (χ0) is 13.1. The molecule has 0 spiro atoms. The Morgan fingerprint density at radius 2 is 1.89 bits per heavy atom. The Morgan fingerprint density at radius 1 is 1.22 bits per heavy atom. The second-order valence-electron chi connectivity index (χ2n) is 4.34. The molecule has 0 fully saturated rings. The van der Waals surface area contributed by atoms with Crippen LogP contribution in [0.1, 0.15) is 36.3 Å². The topological polar surface area (TPSA) is 34.9 Å². The quantitative estimate of drug-likeness (QED) is 0.769. The van der Waals surface area contributed by atoms with Crippen molar-refractivity contribution in [2.24, 2.45) is 0 Å². The van der Waals surface area contributed by atoms with Crippen molar-refractivity contribution in [3.05, 3.63) is 41.7 Å². The van der Waals surface area contributed by atoms with Gasteiger partial charge in [0.2, 0.25) is 0 Å². The molecule has 1 aromatic carbocycles. The zero-order valence-electron chi connectivity index (χ0n) is 11.1. The molecule has 0 aliphatic rings. The summed E-state index contributed by atoms with van der Waals surface area (Å²) in [7, 11) is 0. The molecule has 94 valence electrons. The van der Waals surface area contributed by atoms with Gasteiger partial charge in [-0.2, -0.15) is 5.10 Å². The Labute approximate surface area is 107 Å². The van der Waals surface area contributed by atoms with Crippen molar-refractivity contribution in [3.8, 4) is 11.1 Å². The van der Waals surface area contributed by atoms with Crippen LogP contribution in [0.4, 0.5) is 0 Å². The van der Waals surface area contributed by atoms with Gasteiger partial charge in [-0.25, -0.2) is 0 Å². The van der Waals surface area contributed by atoms with Crippen molar-refractivity contribution in [3.63, 3.8) is 0 Å². The van der Waals surface area contributed by atoms with Crippen molar-refractivity contribution in [2.45, 2.75) is 33.7 Å². The van der Waals surface area contributed by atoms with Gasteiger partial charge >= 0.3 is 0 Å². The van der Waals surface area contributed by atoms with E-state index >= 15 is 0 Å². The Bertz CT molecular complexity index is 552. The number of carbonyl (C=O) groups excluding carboxylic acids is 1. The molecule has 1 aromatic heterocycles. The molecule has 0 saturated heterocycles. The fourth-order valence-electron chi connectivity index (χ4n) is 2.00. The number of Topliss-reactive ketones (excluding diaryl/α,β-unsaturated/α-hetero) is 1.